The van der Waals surface area contributed by atoms with Crippen molar-refractivity contribution in [1.29, 1.82) is 5.26 Å². The molecule has 1 unspecified atom stereocenters. The lowest BCUT2D eigenvalue weighted by Crippen LogP contribution is -2.13. The third-order valence-corrected chi connectivity index (χ3v) is 5.04. The maximum Gasteiger partial charge on any atom is 0.261 e. The number of anilines is 1. The lowest BCUT2D eigenvalue weighted by molar-refractivity contribution is 0.601. The summed E-state index contributed by atoms with van der Waals surface area (Å²) in [6.07, 6.45) is 1.01. The number of hydrogen-bond donors (Lipinski definition) is 1. The van der Waals surface area contributed by atoms with Crippen molar-refractivity contribution in [2.75, 3.05) is 4.72 Å². The van der Waals surface area contributed by atoms with Crippen LogP contribution in [0.25, 0.3) is 0 Å². The molecule has 2 aromatic carbocycles. The average molecular weight is 314 g/mol. The minimum absolute atomic E-state index is 0.226. The van der Waals surface area contributed by atoms with Gasteiger partial charge in [-0.1, -0.05) is 26.0 Å². The summed E-state index contributed by atoms with van der Waals surface area (Å²) in [6.45, 7) is 4.21. The van der Waals surface area contributed by atoms with E-state index in [2.05, 4.69) is 18.6 Å². The highest BCUT2D eigenvalue weighted by Gasteiger charge is 2.14. The second-order valence-corrected chi connectivity index (χ2v) is 6.86. The number of benzene rings is 2. The summed E-state index contributed by atoms with van der Waals surface area (Å²) >= 11 is 0. The zero-order valence-electron chi connectivity index (χ0n) is 12.6. The molecule has 2 rings (SSSR count). The summed E-state index contributed by atoms with van der Waals surface area (Å²) < 4.78 is 27.2. The van der Waals surface area contributed by atoms with Gasteiger partial charge in [-0.2, -0.15) is 5.26 Å². The standard InChI is InChI=1S/C17H18N2O2S/c1-3-13(2)15-6-10-17(11-7-15)22(20,21)19-16-8-4-14(12-18)5-9-16/h4-11,13,19H,3H2,1-2H3. The molecule has 0 saturated carbocycles. The van der Waals surface area contributed by atoms with Gasteiger partial charge >= 0.3 is 0 Å². The Morgan fingerprint density at radius 2 is 1.68 bits per heavy atom. The molecule has 0 aliphatic heterocycles. The summed E-state index contributed by atoms with van der Waals surface area (Å²) in [5.41, 5.74) is 2.05. The summed E-state index contributed by atoms with van der Waals surface area (Å²) in [5, 5.41) is 8.74. The summed E-state index contributed by atoms with van der Waals surface area (Å²) in [7, 11) is -3.61. The third-order valence-electron chi connectivity index (χ3n) is 3.64. The molecule has 4 nitrogen and oxygen atoms in total. The van der Waals surface area contributed by atoms with Crippen molar-refractivity contribution in [3.8, 4) is 6.07 Å². The Balaban J connectivity index is 2.20. The molecule has 0 amide bonds. The van der Waals surface area contributed by atoms with Gasteiger partial charge in [0.2, 0.25) is 0 Å². The molecule has 114 valence electrons. The predicted molar refractivity (Wildman–Crippen MR) is 87.1 cm³/mol. The Labute approximate surface area is 131 Å². The van der Waals surface area contributed by atoms with Crippen LogP contribution in [0.1, 0.15) is 37.3 Å². The van der Waals surface area contributed by atoms with Gasteiger partial charge in [-0.3, -0.25) is 4.72 Å². The van der Waals surface area contributed by atoms with Gasteiger partial charge in [0.25, 0.3) is 10.0 Å². The Morgan fingerprint density at radius 1 is 1.09 bits per heavy atom. The van der Waals surface area contributed by atoms with Crippen LogP contribution in [0, 0.1) is 11.3 Å². The third kappa shape index (κ3) is 3.66. The number of rotatable bonds is 5. The zero-order valence-corrected chi connectivity index (χ0v) is 13.4. The van der Waals surface area contributed by atoms with Crippen molar-refractivity contribution >= 4 is 15.7 Å². The van der Waals surface area contributed by atoms with E-state index in [9.17, 15) is 8.42 Å². The van der Waals surface area contributed by atoms with Crippen LogP contribution in [-0.4, -0.2) is 8.42 Å². The fraction of sp³-hybridized carbons (Fsp3) is 0.235. The summed E-state index contributed by atoms with van der Waals surface area (Å²) in [4.78, 5) is 0.226. The van der Waals surface area contributed by atoms with Crippen LogP contribution in [-0.2, 0) is 10.0 Å². The van der Waals surface area contributed by atoms with Crippen molar-refractivity contribution in [2.45, 2.75) is 31.1 Å². The molecule has 0 aromatic heterocycles. The zero-order chi connectivity index (χ0) is 16.2. The Kier molecular flexibility index (Phi) is 4.84. The fourth-order valence-corrected chi connectivity index (χ4v) is 3.10. The van der Waals surface area contributed by atoms with Gasteiger partial charge in [0, 0.05) is 5.69 Å². The lowest BCUT2D eigenvalue weighted by atomic mass is 9.99. The molecule has 0 spiro atoms. The topological polar surface area (TPSA) is 70.0 Å². The average Bonchev–Trinajstić information content (AvgIpc) is 2.54. The normalized spacial score (nSPS) is 12.4. The Hall–Kier alpha value is -2.32. The van der Waals surface area contributed by atoms with E-state index in [4.69, 9.17) is 5.26 Å². The van der Waals surface area contributed by atoms with Gasteiger partial charge in [-0.05, 0) is 54.3 Å². The van der Waals surface area contributed by atoms with Crippen LogP contribution in [0.3, 0.4) is 0 Å². The number of hydrogen-bond acceptors (Lipinski definition) is 3. The molecule has 1 atom stereocenters. The van der Waals surface area contributed by atoms with Crippen LogP contribution in [0.5, 0.6) is 0 Å². The summed E-state index contributed by atoms with van der Waals surface area (Å²) in [6, 6.07) is 15.2. The first-order valence-electron chi connectivity index (χ1n) is 7.09. The SMILES string of the molecule is CCC(C)c1ccc(S(=O)(=O)Nc2ccc(C#N)cc2)cc1. The van der Waals surface area contributed by atoms with E-state index in [0.29, 0.717) is 17.2 Å². The van der Waals surface area contributed by atoms with Gasteiger partial charge in [-0.25, -0.2) is 8.42 Å². The van der Waals surface area contributed by atoms with E-state index >= 15 is 0 Å². The molecule has 0 heterocycles. The second-order valence-electron chi connectivity index (χ2n) is 5.17. The van der Waals surface area contributed by atoms with E-state index in [-0.39, 0.29) is 4.90 Å². The van der Waals surface area contributed by atoms with Crippen LogP contribution < -0.4 is 4.72 Å². The quantitative estimate of drug-likeness (QED) is 0.910. The molecule has 0 fully saturated rings. The van der Waals surface area contributed by atoms with Gasteiger partial charge < -0.3 is 0 Å². The van der Waals surface area contributed by atoms with E-state index in [1.807, 2.05) is 18.2 Å². The molecule has 5 heteroatoms. The molecule has 2 aromatic rings. The number of nitrogens with one attached hydrogen (secondary N) is 1. The van der Waals surface area contributed by atoms with E-state index in [1.165, 1.54) is 0 Å². The van der Waals surface area contributed by atoms with Crippen LogP contribution in [0.2, 0.25) is 0 Å². The van der Waals surface area contributed by atoms with E-state index < -0.39 is 10.0 Å². The number of sulfonamides is 1. The van der Waals surface area contributed by atoms with Crippen LogP contribution in [0.15, 0.2) is 53.4 Å². The molecule has 0 aliphatic carbocycles. The minimum Gasteiger partial charge on any atom is -0.280 e. The van der Waals surface area contributed by atoms with Gasteiger partial charge in [0.1, 0.15) is 0 Å². The van der Waals surface area contributed by atoms with Gasteiger partial charge in [-0.15, -0.1) is 0 Å². The predicted octanol–water partition coefficient (Wildman–Crippen LogP) is 3.87. The molecule has 0 aliphatic rings. The lowest BCUT2D eigenvalue weighted by Gasteiger charge is -2.11. The highest BCUT2D eigenvalue weighted by molar-refractivity contribution is 7.92. The summed E-state index contributed by atoms with van der Waals surface area (Å²) in [5.74, 6) is 0.406. The second kappa shape index (κ2) is 6.63. The first-order valence-corrected chi connectivity index (χ1v) is 8.57. The molecule has 1 N–H and O–H groups in total. The number of nitriles is 1. The maximum atomic E-state index is 12.3. The molecular weight excluding hydrogens is 296 g/mol. The highest BCUT2D eigenvalue weighted by Crippen LogP contribution is 2.22. The van der Waals surface area contributed by atoms with E-state index in [0.717, 1.165) is 12.0 Å². The number of nitrogens with zero attached hydrogens (tertiary/aromatic N) is 1. The fourth-order valence-electron chi connectivity index (χ4n) is 2.04. The van der Waals surface area contributed by atoms with Crippen molar-refractivity contribution in [3.63, 3.8) is 0 Å². The van der Waals surface area contributed by atoms with Gasteiger partial charge in [0.05, 0.1) is 16.5 Å². The largest absolute Gasteiger partial charge is 0.280 e. The molecule has 22 heavy (non-hydrogen) atoms. The molecular formula is C17H18N2O2S. The van der Waals surface area contributed by atoms with Crippen LogP contribution in [0.4, 0.5) is 5.69 Å². The molecule has 0 saturated heterocycles. The first kappa shape index (κ1) is 16.1. The van der Waals surface area contributed by atoms with Crippen molar-refractivity contribution in [1.82, 2.24) is 0 Å². The smallest absolute Gasteiger partial charge is 0.261 e. The van der Waals surface area contributed by atoms with Gasteiger partial charge in [0.15, 0.2) is 0 Å². The van der Waals surface area contributed by atoms with Crippen LogP contribution >= 0.6 is 0 Å². The molecule has 0 bridgehead atoms. The van der Waals surface area contributed by atoms with Crippen molar-refractivity contribution < 1.29 is 8.42 Å². The van der Waals surface area contributed by atoms with E-state index in [1.54, 1.807) is 36.4 Å². The minimum atomic E-state index is -3.61. The Morgan fingerprint density at radius 3 is 2.18 bits per heavy atom. The van der Waals surface area contributed by atoms with Crippen molar-refractivity contribution in [2.24, 2.45) is 0 Å². The Bertz CT molecular complexity index is 773. The first-order chi connectivity index (χ1) is 10.5. The molecule has 0 radical (unpaired) electrons. The highest BCUT2D eigenvalue weighted by atomic mass is 32.2. The van der Waals surface area contributed by atoms with Crippen molar-refractivity contribution in [3.05, 3.63) is 59.7 Å². The maximum absolute atomic E-state index is 12.3. The monoisotopic (exact) mass is 314 g/mol.